The lowest BCUT2D eigenvalue weighted by atomic mass is 10.3. The molecule has 0 aliphatic rings. The molecule has 0 aliphatic carbocycles. The molecule has 0 amide bonds. The van der Waals surface area contributed by atoms with E-state index in [4.69, 9.17) is 9.47 Å². The summed E-state index contributed by atoms with van der Waals surface area (Å²) in [6.45, 7) is 3.04. The second-order valence-electron chi connectivity index (χ2n) is 3.38. The molecule has 1 heterocycles. The van der Waals surface area contributed by atoms with Gasteiger partial charge in [-0.25, -0.2) is 9.97 Å². The highest BCUT2D eigenvalue weighted by Gasteiger charge is 1.98. The van der Waals surface area contributed by atoms with Gasteiger partial charge in [0.05, 0.1) is 13.2 Å². The number of methoxy groups -OCH3 is 2. The largest absolute Gasteiger partial charge is 0.384 e. The zero-order chi connectivity index (χ0) is 12.3. The Morgan fingerprint density at radius 1 is 1.18 bits per heavy atom. The van der Waals surface area contributed by atoms with Crippen molar-refractivity contribution in [2.75, 3.05) is 39.7 Å². The van der Waals surface area contributed by atoms with Crippen molar-refractivity contribution in [1.82, 2.24) is 15.3 Å². The molecular weight excluding hydrogens is 238 g/mol. The van der Waals surface area contributed by atoms with Gasteiger partial charge >= 0.3 is 0 Å². The molecule has 0 unspecified atom stereocenters. The van der Waals surface area contributed by atoms with E-state index in [2.05, 4.69) is 15.3 Å². The third kappa shape index (κ3) is 6.58. The van der Waals surface area contributed by atoms with E-state index in [1.54, 1.807) is 26.0 Å². The van der Waals surface area contributed by atoms with Crippen LogP contribution in [0, 0.1) is 0 Å². The number of rotatable bonds is 9. The van der Waals surface area contributed by atoms with Crippen molar-refractivity contribution < 1.29 is 9.47 Å². The van der Waals surface area contributed by atoms with Gasteiger partial charge in [0.25, 0.3) is 0 Å². The maximum absolute atomic E-state index is 4.97. The molecule has 6 heteroatoms. The van der Waals surface area contributed by atoms with Gasteiger partial charge in [-0.05, 0) is 0 Å². The molecular formula is C11H19N3O2S. The number of nitrogens with zero attached hydrogens (tertiary/aromatic N) is 2. The maximum atomic E-state index is 4.97. The lowest BCUT2D eigenvalue weighted by molar-refractivity contribution is 0.199. The van der Waals surface area contributed by atoms with Gasteiger partial charge in [-0.2, -0.15) is 0 Å². The van der Waals surface area contributed by atoms with Crippen LogP contribution < -0.4 is 5.32 Å². The van der Waals surface area contributed by atoms with E-state index in [1.807, 2.05) is 12.4 Å². The van der Waals surface area contributed by atoms with Crippen molar-refractivity contribution in [1.29, 1.82) is 0 Å². The quantitative estimate of drug-likeness (QED) is 0.404. The van der Waals surface area contributed by atoms with Crippen LogP contribution in [-0.2, 0) is 16.0 Å². The molecule has 0 radical (unpaired) electrons. The van der Waals surface area contributed by atoms with E-state index in [-0.39, 0.29) is 0 Å². The Bertz CT molecular complexity index is 295. The average molecular weight is 257 g/mol. The molecule has 1 aromatic rings. The predicted molar refractivity (Wildman–Crippen MR) is 68.2 cm³/mol. The van der Waals surface area contributed by atoms with E-state index in [0.29, 0.717) is 13.2 Å². The average Bonchev–Trinajstić information content (AvgIpc) is 2.37. The minimum absolute atomic E-state index is 0.714. The standard InChI is InChI=1S/C11H19N3O2S/c1-15-4-3-12-7-10-8-13-11(14-9-10)17-6-5-16-2/h8-9,12H,3-7H2,1-2H3. The van der Waals surface area contributed by atoms with Gasteiger partial charge in [-0.15, -0.1) is 0 Å². The summed E-state index contributed by atoms with van der Waals surface area (Å²) in [5, 5.41) is 4.04. The van der Waals surface area contributed by atoms with E-state index < -0.39 is 0 Å². The Morgan fingerprint density at radius 3 is 2.53 bits per heavy atom. The first kappa shape index (κ1) is 14.4. The lowest BCUT2D eigenvalue weighted by Crippen LogP contribution is -2.18. The fraction of sp³-hybridized carbons (Fsp3) is 0.636. The van der Waals surface area contributed by atoms with Crippen molar-refractivity contribution in [2.45, 2.75) is 11.7 Å². The number of nitrogens with one attached hydrogen (secondary N) is 1. The Balaban J connectivity index is 2.24. The second kappa shape index (κ2) is 9.35. The number of hydrogen-bond donors (Lipinski definition) is 1. The summed E-state index contributed by atoms with van der Waals surface area (Å²) in [6, 6.07) is 0. The van der Waals surface area contributed by atoms with E-state index >= 15 is 0 Å². The summed E-state index contributed by atoms with van der Waals surface area (Å²) in [7, 11) is 3.38. The molecule has 1 rings (SSSR count). The topological polar surface area (TPSA) is 56.3 Å². The highest BCUT2D eigenvalue weighted by Crippen LogP contribution is 2.11. The molecule has 1 N–H and O–H groups in total. The minimum Gasteiger partial charge on any atom is -0.384 e. The van der Waals surface area contributed by atoms with Crippen LogP contribution in [0.2, 0.25) is 0 Å². The predicted octanol–water partition coefficient (Wildman–Crippen LogP) is 0.951. The molecule has 0 spiro atoms. The fourth-order valence-corrected chi connectivity index (χ4v) is 1.82. The van der Waals surface area contributed by atoms with Crippen LogP contribution in [0.4, 0.5) is 0 Å². The van der Waals surface area contributed by atoms with E-state index in [1.165, 1.54) is 0 Å². The first-order valence-corrected chi connectivity index (χ1v) is 6.47. The number of hydrogen-bond acceptors (Lipinski definition) is 6. The van der Waals surface area contributed by atoms with Gasteiger partial charge in [0, 0.05) is 51.0 Å². The van der Waals surface area contributed by atoms with Gasteiger partial charge in [0.15, 0.2) is 5.16 Å². The Hall–Kier alpha value is -0.690. The van der Waals surface area contributed by atoms with Gasteiger partial charge < -0.3 is 14.8 Å². The molecule has 5 nitrogen and oxygen atoms in total. The smallest absolute Gasteiger partial charge is 0.187 e. The first-order valence-electron chi connectivity index (χ1n) is 5.49. The molecule has 0 fully saturated rings. The molecule has 17 heavy (non-hydrogen) atoms. The summed E-state index contributed by atoms with van der Waals surface area (Å²) in [5.74, 6) is 0.877. The Labute approximate surface area is 106 Å². The van der Waals surface area contributed by atoms with Gasteiger partial charge in [0.1, 0.15) is 0 Å². The lowest BCUT2D eigenvalue weighted by Gasteiger charge is -2.04. The van der Waals surface area contributed by atoms with Crippen LogP contribution in [0.25, 0.3) is 0 Å². The van der Waals surface area contributed by atoms with Crippen LogP contribution in [-0.4, -0.2) is 49.7 Å². The zero-order valence-electron chi connectivity index (χ0n) is 10.3. The van der Waals surface area contributed by atoms with Gasteiger partial charge in [-0.1, -0.05) is 11.8 Å². The molecule has 96 valence electrons. The summed E-state index contributed by atoms with van der Waals surface area (Å²) in [4.78, 5) is 8.55. The third-order valence-corrected chi connectivity index (χ3v) is 2.85. The molecule has 1 aromatic heterocycles. The maximum Gasteiger partial charge on any atom is 0.187 e. The highest BCUT2D eigenvalue weighted by molar-refractivity contribution is 7.99. The van der Waals surface area contributed by atoms with Crippen LogP contribution in [0.1, 0.15) is 5.56 Å². The Kier molecular flexibility index (Phi) is 7.91. The summed E-state index contributed by atoms with van der Waals surface area (Å²) in [5.41, 5.74) is 1.08. The van der Waals surface area contributed by atoms with Crippen molar-refractivity contribution in [3.63, 3.8) is 0 Å². The Morgan fingerprint density at radius 2 is 1.88 bits per heavy atom. The van der Waals surface area contributed by atoms with Gasteiger partial charge in [0.2, 0.25) is 0 Å². The van der Waals surface area contributed by atoms with Crippen LogP contribution in [0.5, 0.6) is 0 Å². The second-order valence-corrected chi connectivity index (χ2v) is 4.45. The van der Waals surface area contributed by atoms with Crippen molar-refractivity contribution in [2.24, 2.45) is 0 Å². The number of ether oxygens (including phenoxy) is 2. The van der Waals surface area contributed by atoms with Crippen LogP contribution in [0.15, 0.2) is 17.6 Å². The third-order valence-electron chi connectivity index (χ3n) is 2.01. The van der Waals surface area contributed by atoms with Gasteiger partial charge in [-0.3, -0.25) is 0 Å². The van der Waals surface area contributed by atoms with Crippen LogP contribution in [0.3, 0.4) is 0 Å². The summed E-state index contributed by atoms with van der Waals surface area (Å²) >= 11 is 1.60. The number of thioether (sulfide) groups is 1. The molecule has 0 bridgehead atoms. The molecule has 0 atom stereocenters. The SMILES string of the molecule is COCCNCc1cnc(SCCOC)nc1. The van der Waals surface area contributed by atoms with Crippen molar-refractivity contribution in [3.8, 4) is 0 Å². The summed E-state index contributed by atoms with van der Waals surface area (Å²) < 4.78 is 9.91. The van der Waals surface area contributed by atoms with Crippen molar-refractivity contribution in [3.05, 3.63) is 18.0 Å². The molecule has 0 saturated carbocycles. The number of aromatic nitrogens is 2. The molecule has 0 aromatic carbocycles. The fourth-order valence-electron chi connectivity index (χ4n) is 1.13. The van der Waals surface area contributed by atoms with E-state index in [9.17, 15) is 0 Å². The van der Waals surface area contributed by atoms with Crippen LogP contribution >= 0.6 is 11.8 Å². The normalized spacial score (nSPS) is 10.7. The molecule has 0 aliphatic heterocycles. The molecule has 0 saturated heterocycles. The first-order chi connectivity index (χ1) is 8.36. The summed E-state index contributed by atoms with van der Waals surface area (Å²) in [6.07, 6.45) is 3.70. The van der Waals surface area contributed by atoms with Crippen molar-refractivity contribution >= 4 is 11.8 Å². The highest BCUT2D eigenvalue weighted by atomic mass is 32.2. The monoisotopic (exact) mass is 257 g/mol. The minimum atomic E-state index is 0.714. The van der Waals surface area contributed by atoms with E-state index in [0.717, 1.165) is 29.6 Å². The zero-order valence-corrected chi connectivity index (χ0v) is 11.1.